The lowest BCUT2D eigenvalue weighted by Gasteiger charge is -2.15. The minimum Gasteiger partial charge on any atom is -0.497 e. The van der Waals surface area contributed by atoms with E-state index in [1.54, 1.807) is 21.3 Å². The van der Waals surface area contributed by atoms with Crippen LogP contribution in [0.2, 0.25) is 0 Å². The van der Waals surface area contributed by atoms with Crippen LogP contribution in [0.4, 0.5) is 5.82 Å². The van der Waals surface area contributed by atoms with Gasteiger partial charge >= 0.3 is 0 Å². The molecule has 1 aromatic heterocycles. The molecule has 3 rings (SSSR count). The minimum atomic E-state index is 0.720. The van der Waals surface area contributed by atoms with Crippen molar-refractivity contribution in [3.63, 3.8) is 0 Å². The van der Waals surface area contributed by atoms with Crippen LogP contribution in [-0.4, -0.2) is 39.5 Å². The van der Waals surface area contributed by atoms with Crippen molar-refractivity contribution < 1.29 is 14.2 Å². The summed E-state index contributed by atoms with van der Waals surface area (Å²) in [6.45, 7) is 3.59. The maximum absolute atomic E-state index is 5.59. The topological polar surface area (TPSA) is 52.6 Å². The van der Waals surface area contributed by atoms with Gasteiger partial charge in [-0.1, -0.05) is 11.6 Å². The van der Waals surface area contributed by atoms with Crippen molar-refractivity contribution in [1.82, 2.24) is 4.98 Å². The van der Waals surface area contributed by atoms with E-state index in [1.165, 1.54) is 5.56 Å². The van der Waals surface area contributed by atoms with Crippen molar-refractivity contribution in [3.8, 4) is 22.6 Å². The van der Waals surface area contributed by atoms with Gasteiger partial charge in [0.2, 0.25) is 0 Å². The quantitative estimate of drug-likeness (QED) is 0.587. The lowest BCUT2D eigenvalue weighted by Crippen LogP contribution is -2.06. The fourth-order valence-corrected chi connectivity index (χ4v) is 3.16. The number of hydrogen-bond acceptors (Lipinski definition) is 5. The highest BCUT2D eigenvalue weighted by atomic mass is 16.5. The Kier molecular flexibility index (Phi) is 6.14. The first-order valence-corrected chi connectivity index (χ1v) is 9.02. The predicted molar refractivity (Wildman–Crippen MR) is 110 cm³/mol. The van der Waals surface area contributed by atoms with E-state index in [4.69, 9.17) is 19.2 Å². The number of rotatable bonds is 8. The van der Waals surface area contributed by atoms with Gasteiger partial charge in [0.1, 0.15) is 17.3 Å². The van der Waals surface area contributed by atoms with E-state index < -0.39 is 0 Å². The highest BCUT2D eigenvalue weighted by Crippen LogP contribution is 2.38. The molecular formula is C22H26N2O3. The van der Waals surface area contributed by atoms with Gasteiger partial charge in [0, 0.05) is 43.0 Å². The van der Waals surface area contributed by atoms with E-state index >= 15 is 0 Å². The van der Waals surface area contributed by atoms with Crippen molar-refractivity contribution in [3.05, 3.63) is 48.2 Å². The number of nitrogens with zero attached hydrogens (tertiary/aromatic N) is 1. The number of aryl methyl sites for hydroxylation is 1. The highest BCUT2D eigenvalue weighted by Gasteiger charge is 2.14. The molecule has 0 aliphatic heterocycles. The molecule has 3 aromatic rings. The molecule has 5 nitrogen and oxygen atoms in total. The zero-order valence-corrected chi connectivity index (χ0v) is 16.3. The van der Waals surface area contributed by atoms with Crippen LogP contribution in [0.1, 0.15) is 12.0 Å². The molecule has 0 aliphatic rings. The number of hydrogen-bond donors (Lipinski definition) is 1. The van der Waals surface area contributed by atoms with Crippen LogP contribution >= 0.6 is 0 Å². The summed E-state index contributed by atoms with van der Waals surface area (Å²) in [6.07, 6.45) is 2.82. The highest BCUT2D eigenvalue weighted by molar-refractivity contribution is 6.03. The lowest BCUT2D eigenvalue weighted by molar-refractivity contribution is 0.198. The SMILES string of the molecule is COCCCNc1ncc(-c2cc(C)ccc2OC)c2cc(OC)ccc12. The maximum atomic E-state index is 5.59. The van der Waals surface area contributed by atoms with E-state index in [2.05, 4.69) is 24.4 Å². The van der Waals surface area contributed by atoms with Crippen LogP contribution in [-0.2, 0) is 4.74 Å². The predicted octanol–water partition coefficient (Wildman–Crippen LogP) is 4.68. The Morgan fingerprint density at radius 3 is 2.52 bits per heavy atom. The minimum absolute atomic E-state index is 0.720. The molecule has 0 spiro atoms. The summed E-state index contributed by atoms with van der Waals surface area (Å²) in [6, 6.07) is 12.2. The van der Waals surface area contributed by atoms with Crippen molar-refractivity contribution in [1.29, 1.82) is 0 Å². The van der Waals surface area contributed by atoms with E-state index in [-0.39, 0.29) is 0 Å². The monoisotopic (exact) mass is 366 g/mol. The molecule has 1 N–H and O–H groups in total. The van der Waals surface area contributed by atoms with Gasteiger partial charge in [-0.15, -0.1) is 0 Å². The Balaban J connectivity index is 2.12. The standard InChI is InChI=1S/C22H26N2O3/c1-15-6-9-21(27-4)19(12-15)20-14-24-22(23-10-5-11-25-2)17-8-7-16(26-3)13-18(17)20/h6-9,12-14H,5,10-11H2,1-4H3,(H,23,24). The summed E-state index contributed by atoms with van der Waals surface area (Å²) in [5.74, 6) is 2.50. The molecule has 0 unspecified atom stereocenters. The maximum Gasteiger partial charge on any atom is 0.133 e. The number of ether oxygens (including phenoxy) is 3. The van der Waals surface area contributed by atoms with Crippen LogP contribution < -0.4 is 14.8 Å². The summed E-state index contributed by atoms with van der Waals surface area (Å²) < 4.78 is 16.2. The van der Waals surface area contributed by atoms with Gasteiger partial charge in [0.05, 0.1) is 14.2 Å². The average molecular weight is 366 g/mol. The number of methoxy groups -OCH3 is 3. The second kappa shape index (κ2) is 8.73. The molecule has 2 aromatic carbocycles. The van der Waals surface area contributed by atoms with Gasteiger partial charge in [-0.05, 0) is 49.1 Å². The molecule has 5 heteroatoms. The summed E-state index contributed by atoms with van der Waals surface area (Å²) in [5.41, 5.74) is 3.21. The molecule has 0 saturated heterocycles. The van der Waals surface area contributed by atoms with Gasteiger partial charge in [-0.3, -0.25) is 0 Å². The van der Waals surface area contributed by atoms with Crippen LogP contribution in [0.15, 0.2) is 42.6 Å². The van der Waals surface area contributed by atoms with Gasteiger partial charge in [0.15, 0.2) is 0 Å². The van der Waals surface area contributed by atoms with Crippen molar-refractivity contribution >= 4 is 16.6 Å². The van der Waals surface area contributed by atoms with Crippen molar-refractivity contribution in [2.75, 3.05) is 39.8 Å². The molecule has 0 radical (unpaired) electrons. The van der Waals surface area contributed by atoms with Crippen molar-refractivity contribution in [2.45, 2.75) is 13.3 Å². The zero-order chi connectivity index (χ0) is 19.2. The molecule has 0 aliphatic carbocycles. The Morgan fingerprint density at radius 2 is 1.78 bits per heavy atom. The molecule has 0 fully saturated rings. The van der Waals surface area contributed by atoms with Gasteiger partial charge in [0.25, 0.3) is 0 Å². The van der Waals surface area contributed by atoms with Crippen molar-refractivity contribution in [2.24, 2.45) is 0 Å². The normalized spacial score (nSPS) is 10.8. The molecule has 0 saturated carbocycles. The fourth-order valence-electron chi connectivity index (χ4n) is 3.16. The Labute approximate surface area is 160 Å². The first-order valence-electron chi connectivity index (χ1n) is 9.02. The summed E-state index contributed by atoms with van der Waals surface area (Å²) >= 11 is 0. The number of fused-ring (bicyclic) bond motifs is 1. The molecule has 142 valence electrons. The third-order valence-electron chi connectivity index (χ3n) is 4.56. The van der Waals surface area contributed by atoms with Gasteiger partial charge in [-0.25, -0.2) is 4.98 Å². The number of benzene rings is 2. The van der Waals surface area contributed by atoms with Gasteiger partial charge < -0.3 is 19.5 Å². The third-order valence-corrected chi connectivity index (χ3v) is 4.56. The summed E-state index contributed by atoms with van der Waals surface area (Å²) in [5, 5.41) is 5.54. The molecule has 0 amide bonds. The van der Waals surface area contributed by atoms with Crippen LogP contribution in [0.5, 0.6) is 11.5 Å². The van der Waals surface area contributed by atoms with E-state index in [0.29, 0.717) is 0 Å². The summed E-state index contributed by atoms with van der Waals surface area (Å²) in [7, 11) is 5.08. The first-order chi connectivity index (χ1) is 13.2. The largest absolute Gasteiger partial charge is 0.497 e. The average Bonchev–Trinajstić information content (AvgIpc) is 2.70. The number of anilines is 1. The van der Waals surface area contributed by atoms with Gasteiger partial charge in [-0.2, -0.15) is 0 Å². The van der Waals surface area contributed by atoms with Crippen LogP contribution in [0.3, 0.4) is 0 Å². The second-order valence-corrected chi connectivity index (χ2v) is 6.41. The molecular weight excluding hydrogens is 340 g/mol. The third kappa shape index (κ3) is 4.14. The second-order valence-electron chi connectivity index (χ2n) is 6.41. The lowest BCUT2D eigenvalue weighted by atomic mass is 9.98. The smallest absolute Gasteiger partial charge is 0.133 e. The zero-order valence-electron chi connectivity index (χ0n) is 16.3. The van der Waals surface area contributed by atoms with E-state index in [9.17, 15) is 0 Å². The Hall–Kier alpha value is -2.79. The fraction of sp³-hybridized carbons (Fsp3) is 0.318. The van der Waals surface area contributed by atoms with E-state index in [1.807, 2.05) is 30.5 Å². The van der Waals surface area contributed by atoms with Crippen LogP contribution in [0.25, 0.3) is 21.9 Å². The molecule has 27 heavy (non-hydrogen) atoms. The van der Waals surface area contributed by atoms with E-state index in [0.717, 1.165) is 58.8 Å². The first kappa shape index (κ1) is 19.0. The van der Waals surface area contributed by atoms with Crippen LogP contribution in [0, 0.1) is 6.92 Å². The Morgan fingerprint density at radius 1 is 0.926 bits per heavy atom. The number of pyridine rings is 1. The summed E-state index contributed by atoms with van der Waals surface area (Å²) in [4.78, 5) is 4.69. The Bertz CT molecular complexity index is 925. The molecule has 0 atom stereocenters. The molecule has 1 heterocycles. The number of nitrogens with one attached hydrogen (secondary N) is 1. The molecule has 0 bridgehead atoms. The number of aromatic nitrogens is 1.